The zero-order valence-electron chi connectivity index (χ0n) is 11.1. The van der Waals surface area contributed by atoms with Crippen LogP contribution in [0.5, 0.6) is 0 Å². The Bertz CT molecular complexity index is 595. The van der Waals surface area contributed by atoms with E-state index in [-0.39, 0.29) is 5.91 Å². The summed E-state index contributed by atoms with van der Waals surface area (Å²) in [4.78, 5) is 14.0. The van der Waals surface area contributed by atoms with Crippen LogP contribution in [0, 0.1) is 0 Å². The van der Waals surface area contributed by atoms with E-state index in [1.807, 2.05) is 24.3 Å². The predicted molar refractivity (Wildman–Crippen MR) is 73.7 cm³/mol. The Labute approximate surface area is 117 Å². The number of hydrogen-bond acceptors (Lipinski definition) is 3. The minimum Gasteiger partial charge on any atom is -0.387 e. The van der Waals surface area contributed by atoms with Crippen molar-refractivity contribution in [1.29, 1.82) is 0 Å². The van der Waals surface area contributed by atoms with Crippen LogP contribution in [0.15, 0.2) is 36.7 Å². The molecule has 0 saturated heterocycles. The normalized spacial score (nSPS) is 17.9. The molecule has 2 heterocycles. The highest BCUT2D eigenvalue weighted by Crippen LogP contribution is 2.26. The number of aromatic amines is 1. The zero-order chi connectivity index (χ0) is 13.9. The first-order chi connectivity index (χ1) is 9.74. The quantitative estimate of drug-likeness (QED) is 0.887. The molecule has 1 aromatic carbocycles. The minimum absolute atomic E-state index is 0.0692. The molecule has 0 saturated carbocycles. The Morgan fingerprint density at radius 2 is 2.30 bits per heavy atom. The highest BCUT2D eigenvalue weighted by molar-refractivity contribution is 5.76. The van der Waals surface area contributed by atoms with Crippen molar-refractivity contribution in [2.45, 2.75) is 25.5 Å². The molecule has 0 spiro atoms. The van der Waals surface area contributed by atoms with Gasteiger partial charge >= 0.3 is 0 Å². The third-order valence-electron chi connectivity index (χ3n) is 3.70. The number of aromatic nitrogens is 2. The molecule has 2 aromatic rings. The number of aryl methyl sites for hydroxylation is 1. The van der Waals surface area contributed by atoms with Crippen molar-refractivity contribution in [3.05, 3.63) is 53.3 Å². The molecule has 20 heavy (non-hydrogen) atoms. The number of nitrogens with zero attached hydrogens (tertiary/aromatic N) is 2. The highest BCUT2D eigenvalue weighted by atomic mass is 16.3. The van der Waals surface area contributed by atoms with Crippen molar-refractivity contribution in [1.82, 2.24) is 15.1 Å². The number of aliphatic hydroxyl groups excluding tert-OH is 1. The van der Waals surface area contributed by atoms with Crippen molar-refractivity contribution in [3.8, 4) is 0 Å². The van der Waals surface area contributed by atoms with E-state index in [1.54, 1.807) is 17.3 Å². The van der Waals surface area contributed by atoms with Gasteiger partial charge in [-0.1, -0.05) is 24.3 Å². The van der Waals surface area contributed by atoms with Crippen LogP contribution in [0.3, 0.4) is 0 Å². The lowest BCUT2D eigenvalue weighted by Gasteiger charge is -2.32. The first-order valence-electron chi connectivity index (χ1n) is 6.75. The molecule has 1 aromatic heterocycles. The van der Waals surface area contributed by atoms with Gasteiger partial charge in [0.15, 0.2) is 0 Å². The summed E-state index contributed by atoms with van der Waals surface area (Å²) >= 11 is 0. The van der Waals surface area contributed by atoms with Gasteiger partial charge in [0, 0.05) is 19.2 Å². The molecule has 104 valence electrons. The molecule has 0 bridgehead atoms. The maximum Gasteiger partial charge on any atom is 0.223 e. The lowest BCUT2D eigenvalue weighted by atomic mass is 9.97. The summed E-state index contributed by atoms with van der Waals surface area (Å²) in [5.74, 6) is 0.0692. The van der Waals surface area contributed by atoms with Crippen LogP contribution >= 0.6 is 0 Å². The van der Waals surface area contributed by atoms with Gasteiger partial charge in [-0.05, 0) is 23.1 Å². The summed E-state index contributed by atoms with van der Waals surface area (Å²) in [5, 5.41) is 16.7. The number of carbonyl (C=O) groups excluding carboxylic acids is 1. The van der Waals surface area contributed by atoms with Crippen LogP contribution in [0.4, 0.5) is 0 Å². The molecule has 5 heteroatoms. The zero-order valence-corrected chi connectivity index (χ0v) is 11.1. The fourth-order valence-electron chi connectivity index (χ4n) is 2.59. The third-order valence-corrected chi connectivity index (χ3v) is 3.70. The van der Waals surface area contributed by atoms with E-state index in [1.165, 1.54) is 0 Å². The van der Waals surface area contributed by atoms with Gasteiger partial charge in [0.05, 0.1) is 18.8 Å². The summed E-state index contributed by atoms with van der Waals surface area (Å²) in [6.45, 7) is 0.957. The average molecular weight is 271 g/mol. The van der Waals surface area contributed by atoms with Crippen LogP contribution in [-0.4, -0.2) is 32.7 Å². The molecular weight excluding hydrogens is 254 g/mol. The molecule has 0 radical (unpaired) electrons. The van der Waals surface area contributed by atoms with E-state index in [0.29, 0.717) is 25.9 Å². The molecule has 1 unspecified atom stereocenters. The summed E-state index contributed by atoms with van der Waals surface area (Å²) < 4.78 is 0. The van der Waals surface area contributed by atoms with Gasteiger partial charge in [-0.25, -0.2) is 0 Å². The molecular formula is C15H17N3O2. The number of carbonyl (C=O) groups is 1. The Hall–Kier alpha value is -2.14. The Kier molecular flexibility index (Phi) is 3.52. The lowest BCUT2D eigenvalue weighted by molar-refractivity contribution is -0.134. The number of nitrogens with one attached hydrogen (secondary N) is 1. The molecule has 0 fully saturated rings. The first-order valence-corrected chi connectivity index (χ1v) is 6.75. The van der Waals surface area contributed by atoms with Crippen molar-refractivity contribution in [3.63, 3.8) is 0 Å². The van der Waals surface area contributed by atoms with E-state index >= 15 is 0 Å². The van der Waals surface area contributed by atoms with Gasteiger partial charge in [-0.15, -0.1) is 0 Å². The van der Waals surface area contributed by atoms with Gasteiger partial charge in [-0.3, -0.25) is 9.89 Å². The van der Waals surface area contributed by atoms with Crippen molar-refractivity contribution in [2.24, 2.45) is 0 Å². The molecule has 0 aliphatic carbocycles. The number of rotatable bonds is 3. The summed E-state index contributed by atoms with van der Waals surface area (Å²) in [5.41, 5.74) is 2.99. The van der Waals surface area contributed by atoms with E-state index in [2.05, 4.69) is 10.2 Å². The second kappa shape index (κ2) is 5.46. The minimum atomic E-state index is -0.585. The van der Waals surface area contributed by atoms with E-state index in [9.17, 15) is 9.90 Å². The number of aliphatic hydroxyl groups is 1. The van der Waals surface area contributed by atoms with Gasteiger partial charge < -0.3 is 10.0 Å². The monoisotopic (exact) mass is 271 g/mol. The number of fused-ring (bicyclic) bond motifs is 1. The lowest BCUT2D eigenvalue weighted by Crippen LogP contribution is -2.38. The predicted octanol–water partition coefficient (Wildman–Crippen LogP) is 1.42. The first kappa shape index (κ1) is 12.9. The number of benzene rings is 1. The van der Waals surface area contributed by atoms with Gasteiger partial charge in [-0.2, -0.15) is 5.10 Å². The molecule has 1 aliphatic heterocycles. The summed E-state index contributed by atoms with van der Waals surface area (Å²) in [7, 11) is 0. The Balaban J connectivity index is 1.65. The molecule has 2 N–H and O–H groups in total. The number of H-pyrrole nitrogens is 1. The summed E-state index contributed by atoms with van der Waals surface area (Å²) in [6, 6.07) is 7.74. The highest BCUT2D eigenvalue weighted by Gasteiger charge is 2.26. The molecule has 3 rings (SSSR count). The van der Waals surface area contributed by atoms with Crippen LogP contribution in [0.2, 0.25) is 0 Å². The smallest absolute Gasteiger partial charge is 0.223 e. The molecule has 5 nitrogen and oxygen atoms in total. The topological polar surface area (TPSA) is 69.2 Å². The largest absolute Gasteiger partial charge is 0.387 e. The number of β-amino-alcohol motifs (C(OH)–C–C–N with tert-alkyl or cyclic N) is 1. The van der Waals surface area contributed by atoms with Gasteiger partial charge in [0.2, 0.25) is 5.91 Å². The standard InChI is InChI=1S/C15H17N3O2/c19-14-10-18(9-12-3-1-2-4-13(12)14)15(20)6-5-11-7-16-17-8-11/h1-4,7-8,14,19H,5-6,9-10H2,(H,16,17). The summed E-state index contributed by atoms with van der Waals surface area (Å²) in [6.07, 6.45) is 4.05. The Morgan fingerprint density at radius 3 is 3.10 bits per heavy atom. The molecule has 1 aliphatic rings. The Morgan fingerprint density at radius 1 is 1.45 bits per heavy atom. The van der Waals surface area contributed by atoms with Gasteiger partial charge in [0.25, 0.3) is 0 Å². The number of hydrogen-bond donors (Lipinski definition) is 2. The van der Waals surface area contributed by atoms with Crippen molar-refractivity contribution in [2.75, 3.05) is 6.54 Å². The van der Waals surface area contributed by atoms with Crippen molar-refractivity contribution < 1.29 is 9.90 Å². The third kappa shape index (κ3) is 2.58. The van der Waals surface area contributed by atoms with E-state index < -0.39 is 6.10 Å². The maximum atomic E-state index is 12.2. The fourth-order valence-corrected chi connectivity index (χ4v) is 2.59. The molecule has 1 atom stereocenters. The fraction of sp³-hybridized carbons (Fsp3) is 0.333. The van der Waals surface area contributed by atoms with Crippen LogP contribution in [0.1, 0.15) is 29.2 Å². The SMILES string of the molecule is O=C(CCc1cn[nH]c1)N1Cc2ccccc2C(O)C1. The second-order valence-corrected chi connectivity index (χ2v) is 5.10. The van der Waals surface area contributed by atoms with Gasteiger partial charge in [0.1, 0.15) is 0 Å². The second-order valence-electron chi connectivity index (χ2n) is 5.10. The van der Waals surface area contributed by atoms with E-state index in [4.69, 9.17) is 0 Å². The van der Waals surface area contributed by atoms with Crippen LogP contribution in [-0.2, 0) is 17.8 Å². The number of amides is 1. The van der Waals surface area contributed by atoms with Crippen LogP contribution in [0.25, 0.3) is 0 Å². The maximum absolute atomic E-state index is 12.2. The average Bonchev–Trinajstić information content (AvgIpc) is 2.98. The van der Waals surface area contributed by atoms with Crippen LogP contribution < -0.4 is 0 Å². The molecule has 1 amide bonds. The van der Waals surface area contributed by atoms with E-state index in [0.717, 1.165) is 16.7 Å². The van der Waals surface area contributed by atoms with Crippen molar-refractivity contribution >= 4 is 5.91 Å².